The summed E-state index contributed by atoms with van der Waals surface area (Å²) in [5.41, 5.74) is 9.71. The monoisotopic (exact) mass is 242 g/mol. The summed E-state index contributed by atoms with van der Waals surface area (Å²) in [5.74, 6) is 0. The topological polar surface area (TPSA) is 95.4 Å². The molecular formula is C12H14N6. The van der Waals surface area contributed by atoms with Crippen LogP contribution in [0.5, 0.6) is 0 Å². The summed E-state index contributed by atoms with van der Waals surface area (Å²) in [6, 6.07) is 3.89. The van der Waals surface area contributed by atoms with Gasteiger partial charge in [0.05, 0.1) is 29.4 Å². The number of fused-ring (bicyclic) bond motifs is 1. The number of nitrogens with zero attached hydrogens (tertiary/aromatic N) is 2. The number of nitrogens with one attached hydrogen (secondary N) is 3. The highest BCUT2D eigenvalue weighted by molar-refractivity contribution is 5.88. The lowest BCUT2D eigenvalue weighted by Gasteiger charge is -2.08. The highest BCUT2D eigenvalue weighted by atomic mass is 15.1. The molecule has 0 atom stereocenters. The van der Waals surface area contributed by atoms with Gasteiger partial charge in [-0.2, -0.15) is 5.10 Å². The van der Waals surface area contributed by atoms with E-state index in [1.807, 2.05) is 18.3 Å². The van der Waals surface area contributed by atoms with E-state index in [1.165, 1.54) is 0 Å². The molecule has 0 aliphatic heterocycles. The number of benzene rings is 1. The van der Waals surface area contributed by atoms with Gasteiger partial charge in [-0.15, -0.1) is 0 Å². The first-order chi connectivity index (χ1) is 8.83. The smallest absolute Gasteiger partial charge is 0.0921 e. The van der Waals surface area contributed by atoms with Gasteiger partial charge in [0.15, 0.2) is 0 Å². The number of imidazole rings is 1. The third-order valence-corrected chi connectivity index (χ3v) is 2.87. The molecule has 0 aliphatic rings. The molecule has 1 aromatic carbocycles. The summed E-state index contributed by atoms with van der Waals surface area (Å²) in [5, 5.41) is 11.2. The van der Waals surface area contributed by atoms with E-state index in [0.29, 0.717) is 0 Å². The molecule has 3 aromatic rings. The van der Waals surface area contributed by atoms with Crippen LogP contribution in [-0.4, -0.2) is 26.7 Å². The van der Waals surface area contributed by atoms with Crippen molar-refractivity contribution >= 4 is 22.3 Å². The Balaban J connectivity index is 1.71. The molecule has 2 heterocycles. The quantitative estimate of drug-likeness (QED) is 0.522. The van der Waals surface area contributed by atoms with E-state index in [2.05, 4.69) is 25.5 Å². The van der Waals surface area contributed by atoms with Crippen molar-refractivity contribution in [1.82, 2.24) is 20.2 Å². The number of aromatic nitrogens is 4. The van der Waals surface area contributed by atoms with E-state index >= 15 is 0 Å². The average molecular weight is 242 g/mol. The van der Waals surface area contributed by atoms with Crippen LogP contribution in [0.3, 0.4) is 0 Å². The summed E-state index contributed by atoms with van der Waals surface area (Å²) in [6.07, 6.45) is 6.14. The number of rotatable bonds is 4. The fourth-order valence-electron chi connectivity index (χ4n) is 1.92. The van der Waals surface area contributed by atoms with E-state index in [1.54, 1.807) is 12.5 Å². The van der Waals surface area contributed by atoms with E-state index in [4.69, 9.17) is 5.73 Å². The maximum Gasteiger partial charge on any atom is 0.0921 e. The molecule has 92 valence electrons. The zero-order chi connectivity index (χ0) is 12.4. The van der Waals surface area contributed by atoms with Crippen molar-refractivity contribution in [2.45, 2.75) is 6.42 Å². The minimum Gasteiger partial charge on any atom is -0.397 e. The number of nitrogens with two attached hydrogens (primary N) is 1. The lowest BCUT2D eigenvalue weighted by Crippen LogP contribution is -2.07. The molecule has 0 bridgehead atoms. The normalized spacial score (nSPS) is 10.9. The zero-order valence-electron chi connectivity index (χ0n) is 9.77. The Kier molecular flexibility index (Phi) is 2.60. The van der Waals surface area contributed by atoms with Gasteiger partial charge in [-0.05, 0) is 12.1 Å². The summed E-state index contributed by atoms with van der Waals surface area (Å²) in [4.78, 5) is 7.04. The Bertz CT molecular complexity index is 640. The van der Waals surface area contributed by atoms with Crippen LogP contribution in [0.2, 0.25) is 0 Å². The number of hydrogen-bond acceptors (Lipinski definition) is 4. The van der Waals surface area contributed by atoms with Gasteiger partial charge in [-0.1, -0.05) is 0 Å². The minimum absolute atomic E-state index is 0.730. The molecule has 0 saturated carbocycles. The van der Waals surface area contributed by atoms with Crippen molar-refractivity contribution in [2.75, 3.05) is 17.6 Å². The van der Waals surface area contributed by atoms with Crippen molar-refractivity contribution in [1.29, 1.82) is 0 Å². The van der Waals surface area contributed by atoms with Gasteiger partial charge in [0.25, 0.3) is 0 Å². The molecule has 0 fully saturated rings. The van der Waals surface area contributed by atoms with Crippen LogP contribution >= 0.6 is 0 Å². The van der Waals surface area contributed by atoms with Crippen LogP contribution < -0.4 is 11.1 Å². The molecule has 3 rings (SSSR count). The van der Waals surface area contributed by atoms with Gasteiger partial charge in [0.1, 0.15) is 0 Å². The number of hydrogen-bond donors (Lipinski definition) is 4. The Hall–Kier alpha value is -2.50. The predicted octanol–water partition coefficient (Wildman–Crippen LogP) is 1.52. The third kappa shape index (κ3) is 2.00. The maximum absolute atomic E-state index is 5.98. The summed E-state index contributed by atoms with van der Waals surface area (Å²) >= 11 is 0. The second-order valence-electron chi connectivity index (χ2n) is 4.15. The molecule has 0 spiro atoms. The van der Waals surface area contributed by atoms with Crippen molar-refractivity contribution in [3.05, 3.63) is 36.5 Å². The average Bonchev–Trinajstić information content (AvgIpc) is 3.00. The van der Waals surface area contributed by atoms with E-state index in [-0.39, 0.29) is 0 Å². The van der Waals surface area contributed by atoms with Crippen LogP contribution in [0.15, 0.2) is 30.9 Å². The van der Waals surface area contributed by atoms with Crippen molar-refractivity contribution in [2.24, 2.45) is 0 Å². The molecule has 2 aromatic heterocycles. The fraction of sp³-hybridized carbons (Fsp3) is 0.167. The first-order valence-electron chi connectivity index (χ1n) is 5.76. The highest BCUT2D eigenvalue weighted by Gasteiger charge is 2.03. The Morgan fingerprint density at radius 3 is 3.06 bits per heavy atom. The van der Waals surface area contributed by atoms with Gasteiger partial charge in [-0.25, -0.2) is 4.98 Å². The van der Waals surface area contributed by atoms with Crippen molar-refractivity contribution < 1.29 is 0 Å². The van der Waals surface area contributed by atoms with Gasteiger partial charge >= 0.3 is 0 Å². The number of aromatic amines is 2. The molecule has 0 unspecified atom stereocenters. The predicted molar refractivity (Wildman–Crippen MR) is 71.3 cm³/mol. The number of H-pyrrole nitrogens is 2. The molecule has 0 radical (unpaired) electrons. The Labute approximate surface area is 104 Å². The summed E-state index contributed by atoms with van der Waals surface area (Å²) in [7, 11) is 0. The largest absolute Gasteiger partial charge is 0.397 e. The molecule has 0 aliphatic carbocycles. The van der Waals surface area contributed by atoms with Gasteiger partial charge in [-0.3, -0.25) is 5.10 Å². The zero-order valence-corrected chi connectivity index (χ0v) is 9.77. The summed E-state index contributed by atoms with van der Waals surface area (Å²) < 4.78 is 0. The minimum atomic E-state index is 0.730. The third-order valence-electron chi connectivity index (χ3n) is 2.87. The lowest BCUT2D eigenvalue weighted by molar-refractivity contribution is 0.977. The van der Waals surface area contributed by atoms with Crippen LogP contribution in [0.1, 0.15) is 5.69 Å². The maximum atomic E-state index is 5.98. The molecule has 5 N–H and O–H groups in total. The Morgan fingerprint density at radius 2 is 2.22 bits per heavy atom. The molecule has 18 heavy (non-hydrogen) atoms. The Morgan fingerprint density at radius 1 is 1.28 bits per heavy atom. The fourth-order valence-corrected chi connectivity index (χ4v) is 1.92. The van der Waals surface area contributed by atoms with Crippen LogP contribution in [0, 0.1) is 0 Å². The molecule has 6 nitrogen and oxygen atoms in total. The van der Waals surface area contributed by atoms with Crippen LogP contribution in [-0.2, 0) is 6.42 Å². The van der Waals surface area contributed by atoms with Gasteiger partial charge in [0.2, 0.25) is 0 Å². The van der Waals surface area contributed by atoms with E-state index in [9.17, 15) is 0 Å². The molecule has 0 saturated heterocycles. The van der Waals surface area contributed by atoms with Crippen molar-refractivity contribution in [3.8, 4) is 0 Å². The van der Waals surface area contributed by atoms with Gasteiger partial charge < -0.3 is 16.0 Å². The highest BCUT2D eigenvalue weighted by Crippen LogP contribution is 2.24. The van der Waals surface area contributed by atoms with Gasteiger partial charge in [0, 0.05) is 30.2 Å². The van der Waals surface area contributed by atoms with E-state index < -0.39 is 0 Å². The lowest BCUT2D eigenvalue weighted by atomic mass is 10.2. The summed E-state index contributed by atoms with van der Waals surface area (Å²) in [6.45, 7) is 0.798. The molecular weight excluding hydrogens is 228 g/mol. The second-order valence-corrected chi connectivity index (χ2v) is 4.15. The van der Waals surface area contributed by atoms with E-state index in [0.717, 1.165) is 40.9 Å². The van der Waals surface area contributed by atoms with Crippen LogP contribution in [0.25, 0.3) is 10.9 Å². The standard InChI is InChI=1S/C12H14N6/c13-10-3-8-5-17-18-11(8)4-12(10)15-2-1-9-6-14-7-16-9/h3-7,15H,1-2,13H2,(H,14,16)(H,17,18). The number of anilines is 2. The number of nitrogen functional groups attached to an aromatic ring is 1. The van der Waals surface area contributed by atoms with Crippen LogP contribution in [0.4, 0.5) is 11.4 Å². The molecule has 6 heteroatoms. The first-order valence-corrected chi connectivity index (χ1v) is 5.76. The van der Waals surface area contributed by atoms with Crippen molar-refractivity contribution in [3.63, 3.8) is 0 Å². The first kappa shape index (κ1) is 10.6. The second kappa shape index (κ2) is 4.40. The SMILES string of the molecule is Nc1cc2cn[nH]c2cc1NCCc1cnc[nH]1. The molecule has 0 amide bonds.